The summed E-state index contributed by atoms with van der Waals surface area (Å²) in [6.07, 6.45) is -0.903. The van der Waals surface area contributed by atoms with Gasteiger partial charge in [0.1, 0.15) is 0 Å². The quantitative estimate of drug-likeness (QED) is 0.497. The first-order chi connectivity index (χ1) is 5.15. The maximum Gasteiger partial charge on any atom is 0.308 e. The zero-order valence-electron chi connectivity index (χ0n) is 6.36. The third-order valence-electron chi connectivity index (χ3n) is 2.03. The Morgan fingerprint density at radius 3 is 2.18 bits per heavy atom. The van der Waals surface area contributed by atoms with Crippen molar-refractivity contribution in [2.45, 2.75) is 25.0 Å². The zero-order valence-corrected chi connectivity index (χ0v) is 6.36. The van der Waals surface area contributed by atoms with Crippen LogP contribution in [0, 0.1) is 5.92 Å². The van der Waals surface area contributed by atoms with E-state index in [1.165, 1.54) is 7.11 Å². The fourth-order valence-corrected chi connectivity index (χ4v) is 1.35. The van der Waals surface area contributed by atoms with E-state index in [9.17, 15) is 4.79 Å². The molecular weight excluding hydrogens is 148 g/mol. The van der Waals surface area contributed by atoms with Gasteiger partial charge in [-0.1, -0.05) is 0 Å². The van der Waals surface area contributed by atoms with Crippen molar-refractivity contribution in [3.8, 4) is 0 Å². The van der Waals surface area contributed by atoms with Gasteiger partial charge in [0.2, 0.25) is 0 Å². The Kier molecular flexibility index (Phi) is 2.46. The van der Waals surface area contributed by atoms with Crippen LogP contribution in [0.15, 0.2) is 0 Å². The largest absolute Gasteiger partial charge is 0.469 e. The van der Waals surface area contributed by atoms with E-state index in [1.807, 2.05) is 0 Å². The molecule has 0 heterocycles. The van der Waals surface area contributed by atoms with Gasteiger partial charge in [-0.15, -0.1) is 0 Å². The van der Waals surface area contributed by atoms with Crippen molar-refractivity contribution < 1.29 is 19.7 Å². The van der Waals surface area contributed by atoms with E-state index in [4.69, 9.17) is 10.2 Å². The Labute approximate surface area is 64.8 Å². The van der Waals surface area contributed by atoms with Crippen LogP contribution in [-0.2, 0) is 9.53 Å². The van der Waals surface area contributed by atoms with Crippen LogP contribution < -0.4 is 0 Å². The number of aliphatic hydroxyl groups is 2. The smallest absolute Gasteiger partial charge is 0.308 e. The van der Waals surface area contributed by atoms with E-state index in [2.05, 4.69) is 4.74 Å². The molecule has 4 heteroatoms. The van der Waals surface area contributed by atoms with E-state index in [0.717, 1.165) is 0 Å². The van der Waals surface area contributed by atoms with Crippen LogP contribution in [0.2, 0.25) is 0 Å². The normalized spacial score (nSPS) is 37.2. The van der Waals surface area contributed by atoms with Crippen molar-refractivity contribution in [1.29, 1.82) is 0 Å². The van der Waals surface area contributed by atoms with Crippen molar-refractivity contribution >= 4 is 5.97 Å². The van der Waals surface area contributed by atoms with E-state index in [1.54, 1.807) is 0 Å². The molecule has 0 aromatic carbocycles. The second-order valence-electron chi connectivity index (χ2n) is 2.83. The molecule has 0 saturated heterocycles. The number of esters is 1. The summed E-state index contributed by atoms with van der Waals surface area (Å²) in [5.74, 6) is -0.675. The van der Waals surface area contributed by atoms with Crippen LogP contribution in [0.3, 0.4) is 0 Å². The highest BCUT2D eigenvalue weighted by Crippen LogP contribution is 2.26. The lowest BCUT2D eigenvalue weighted by Gasteiger charge is -2.04. The van der Waals surface area contributed by atoms with Gasteiger partial charge in [-0.2, -0.15) is 0 Å². The van der Waals surface area contributed by atoms with E-state index in [0.29, 0.717) is 12.8 Å². The Morgan fingerprint density at radius 1 is 1.36 bits per heavy atom. The summed E-state index contributed by atoms with van der Waals surface area (Å²) in [5, 5.41) is 18.1. The molecule has 0 aromatic heterocycles. The lowest BCUT2D eigenvalue weighted by atomic mass is 10.1. The maximum absolute atomic E-state index is 10.9. The van der Waals surface area contributed by atoms with Crippen molar-refractivity contribution in [3.05, 3.63) is 0 Å². The van der Waals surface area contributed by atoms with Gasteiger partial charge >= 0.3 is 5.97 Å². The Hall–Kier alpha value is -0.610. The molecule has 0 aromatic rings. The standard InChI is InChI=1S/C7H12O4/c1-11-7(10)4-2-5(8)6(9)3-4/h4-6,8-9H,2-3H2,1H3. The van der Waals surface area contributed by atoms with Gasteiger partial charge in [-0.3, -0.25) is 4.79 Å². The van der Waals surface area contributed by atoms with Crippen LogP contribution >= 0.6 is 0 Å². The lowest BCUT2D eigenvalue weighted by molar-refractivity contribution is -0.145. The number of hydrogen-bond donors (Lipinski definition) is 2. The van der Waals surface area contributed by atoms with Crippen LogP contribution in [0.1, 0.15) is 12.8 Å². The average Bonchev–Trinajstić information content (AvgIpc) is 2.31. The molecule has 1 aliphatic rings. The first-order valence-electron chi connectivity index (χ1n) is 3.59. The van der Waals surface area contributed by atoms with Gasteiger partial charge in [0.15, 0.2) is 0 Å². The van der Waals surface area contributed by atoms with Gasteiger partial charge < -0.3 is 14.9 Å². The minimum Gasteiger partial charge on any atom is -0.469 e. The van der Waals surface area contributed by atoms with E-state index >= 15 is 0 Å². The van der Waals surface area contributed by atoms with Crippen LogP contribution in [0.25, 0.3) is 0 Å². The minimum atomic E-state index is -0.765. The summed E-state index contributed by atoms with van der Waals surface area (Å²) < 4.78 is 4.47. The molecule has 1 fully saturated rings. The Morgan fingerprint density at radius 2 is 1.82 bits per heavy atom. The maximum atomic E-state index is 10.9. The van der Waals surface area contributed by atoms with Crippen LogP contribution in [0.5, 0.6) is 0 Å². The predicted molar refractivity (Wildman–Crippen MR) is 36.8 cm³/mol. The molecule has 0 aliphatic heterocycles. The molecule has 4 nitrogen and oxygen atoms in total. The van der Waals surface area contributed by atoms with Crippen LogP contribution in [0.4, 0.5) is 0 Å². The van der Waals surface area contributed by atoms with Crippen molar-refractivity contribution in [2.24, 2.45) is 5.92 Å². The first kappa shape index (κ1) is 8.49. The number of carbonyl (C=O) groups is 1. The molecule has 1 aliphatic carbocycles. The number of carbonyl (C=O) groups excluding carboxylic acids is 1. The molecule has 2 unspecified atom stereocenters. The second-order valence-corrected chi connectivity index (χ2v) is 2.83. The third-order valence-corrected chi connectivity index (χ3v) is 2.03. The van der Waals surface area contributed by atoms with Gasteiger partial charge in [0.25, 0.3) is 0 Å². The predicted octanol–water partition coefficient (Wildman–Crippen LogP) is -0.709. The number of ether oxygens (including phenoxy) is 1. The van der Waals surface area contributed by atoms with Gasteiger partial charge in [0.05, 0.1) is 25.2 Å². The number of methoxy groups -OCH3 is 1. The third kappa shape index (κ3) is 1.70. The highest BCUT2D eigenvalue weighted by atomic mass is 16.5. The zero-order chi connectivity index (χ0) is 8.43. The molecule has 1 rings (SSSR count). The van der Waals surface area contributed by atoms with Gasteiger partial charge in [-0.05, 0) is 12.8 Å². The summed E-state index contributed by atoms with van der Waals surface area (Å²) in [5.41, 5.74) is 0. The average molecular weight is 160 g/mol. The molecule has 0 spiro atoms. The lowest BCUT2D eigenvalue weighted by Crippen LogP contribution is -2.17. The van der Waals surface area contributed by atoms with E-state index in [-0.39, 0.29) is 11.9 Å². The SMILES string of the molecule is COC(=O)C1CC(O)C(O)C1. The number of rotatable bonds is 1. The Bertz CT molecular complexity index is 147. The van der Waals surface area contributed by atoms with Gasteiger partial charge in [-0.25, -0.2) is 0 Å². The topological polar surface area (TPSA) is 66.8 Å². The molecule has 64 valence electrons. The molecule has 2 atom stereocenters. The van der Waals surface area contributed by atoms with Gasteiger partial charge in [0, 0.05) is 0 Å². The minimum absolute atomic E-state index is 0.313. The van der Waals surface area contributed by atoms with Crippen molar-refractivity contribution in [3.63, 3.8) is 0 Å². The monoisotopic (exact) mass is 160 g/mol. The molecule has 2 N–H and O–H groups in total. The molecule has 11 heavy (non-hydrogen) atoms. The molecular formula is C7H12O4. The summed E-state index contributed by atoms with van der Waals surface area (Å²) >= 11 is 0. The highest BCUT2D eigenvalue weighted by molar-refractivity contribution is 5.72. The van der Waals surface area contributed by atoms with E-state index < -0.39 is 12.2 Å². The molecule has 1 saturated carbocycles. The highest BCUT2D eigenvalue weighted by Gasteiger charge is 2.36. The summed E-state index contributed by atoms with van der Waals surface area (Å²) in [6, 6.07) is 0. The number of aliphatic hydroxyl groups excluding tert-OH is 2. The van der Waals surface area contributed by atoms with Crippen LogP contribution in [-0.4, -0.2) is 35.5 Å². The van der Waals surface area contributed by atoms with Crippen molar-refractivity contribution in [1.82, 2.24) is 0 Å². The fraction of sp³-hybridized carbons (Fsp3) is 0.857. The fourth-order valence-electron chi connectivity index (χ4n) is 1.35. The summed E-state index contributed by atoms with van der Waals surface area (Å²) in [6.45, 7) is 0. The second kappa shape index (κ2) is 3.19. The first-order valence-corrected chi connectivity index (χ1v) is 3.59. The summed E-state index contributed by atoms with van der Waals surface area (Å²) in [7, 11) is 1.30. The Balaban J connectivity index is 2.46. The molecule has 0 radical (unpaired) electrons. The summed E-state index contributed by atoms with van der Waals surface area (Å²) in [4.78, 5) is 10.9. The molecule has 0 amide bonds. The number of hydrogen-bond acceptors (Lipinski definition) is 4. The molecule has 0 bridgehead atoms. The van der Waals surface area contributed by atoms with Crippen molar-refractivity contribution in [2.75, 3.05) is 7.11 Å².